The zero-order valence-corrected chi connectivity index (χ0v) is 13.6. The van der Waals surface area contributed by atoms with Crippen LogP contribution in [0.5, 0.6) is 11.5 Å². The monoisotopic (exact) mass is 343 g/mol. The van der Waals surface area contributed by atoms with E-state index in [9.17, 15) is 5.11 Å². The Kier molecular flexibility index (Phi) is 5.29. The Hall–Kier alpha value is -0.780. The molecule has 0 atom stereocenters. The molecule has 4 nitrogen and oxygen atoms in total. The second-order valence-electron chi connectivity index (χ2n) is 5.19. The standard InChI is InChI=1S/C15H22BrNO3/c1-3-20-14-12(16)7-11(8-13(14)19-2)9-17-15(10-18)5-4-6-15/h7-8,17-18H,3-6,9-10H2,1-2H3. The molecule has 0 aliphatic heterocycles. The number of hydrogen-bond donors (Lipinski definition) is 2. The van der Waals surface area contributed by atoms with E-state index in [2.05, 4.69) is 21.2 Å². The minimum atomic E-state index is -0.0850. The van der Waals surface area contributed by atoms with Crippen LogP contribution < -0.4 is 14.8 Å². The van der Waals surface area contributed by atoms with Crippen molar-refractivity contribution in [3.05, 3.63) is 22.2 Å². The van der Waals surface area contributed by atoms with Crippen molar-refractivity contribution in [3.63, 3.8) is 0 Å². The first-order valence-corrected chi connectivity index (χ1v) is 7.78. The van der Waals surface area contributed by atoms with Gasteiger partial charge in [-0.25, -0.2) is 0 Å². The van der Waals surface area contributed by atoms with E-state index in [1.807, 2.05) is 19.1 Å². The Balaban J connectivity index is 2.10. The van der Waals surface area contributed by atoms with Crippen LogP contribution in [0, 0.1) is 0 Å². The summed E-state index contributed by atoms with van der Waals surface area (Å²) < 4.78 is 11.9. The summed E-state index contributed by atoms with van der Waals surface area (Å²) >= 11 is 3.53. The molecular weight excluding hydrogens is 322 g/mol. The van der Waals surface area contributed by atoms with E-state index in [1.54, 1.807) is 7.11 Å². The van der Waals surface area contributed by atoms with Crippen LogP contribution >= 0.6 is 15.9 Å². The molecule has 2 rings (SSSR count). The molecule has 0 spiro atoms. The third kappa shape index (κ3) is 3.27. The van der Waals surface area contributed by atoms with Gasteiger partial charge in [-0.05, 0) is 59.8 Å². The predicted octanol–water partition coefficient (Wildman–Crippen LogP) is 2.86. The van der Waals surface area contributed by atoms with Gasteiger partial charge in [0.15, 0.2) is 11.5 Å². The number of halogens is 1. The number of rotatable bonds is 7. The molecule has 1 aromatic carbocycles. The van der Waals surface area contributed by atoms with Crippen LogP contribution in [0.1, 0.15) is 31.7 Å². The van der Waals surface area contributed by atoms with Crippen LogP contribution in [-0.4, -0.2) is 31.0 Å². The van der Waals surface area contributed by atoms with Gasteiger partial charge in [0.25, 0.3) is 0 Å². The summed E-state index contributed by atoms with van der Waals surface area (Å²) in [7, 11) is 1.64. The second-order valence-corrected chi connectivity index (χ2v) is 6.04. The van der Waals surface area contributed by atoms with Crippen molar-refractivity contribution in [2.45, 2.75) is 38.3 Å². The van der Waals surface area contributed by atoms with Crippen LogP contribution in [0.4, 0.5) is 0 Å². The molecule has 1 aliphatic rings. The van der Waals surface area contributed by atoms with Gasteiger partial charge >= 0.3 is 0 Å². The van der Waals surface area contributed by atoms with Crippen molar-refractivity contribution in [3.8, 4) is 11.5 Å². The zero-order chi connectivity index (χ0) is 14.6. The molecule has 1 fully saturated rings. The second kappa shape index (κ2) is 6.78. The molecule has 5 heteroatoms. The van der Waals surface area contributed by atoms with Crippen molar-refractivity contribution >= 4 is 15.9 Å². The van der Waals surface area contributed by atoms with Gasteiger partial charge in [-0.1, -0.05) is 0 Å². The number of aliphatic hydroxyl groups is 1. The van der Waals surface area contributed by atoms with Gasteiger partial charge in [0.2, 0.25) is 0 Å². The lowest BCUT2D eigenvalue weighted by Crippen LogP contribution is -2.53. The van der Waals surface area contributed by atoms with E-state index in [-0.39, 0.29) is 12.1 Å². The molecule has 0 radical (unpaired) electrons. The summed E-state index contributed by atoms with van der Waals surface area (Å²) in [6, 6.07) is 4.01. The minimum Gasteiger partial charge on any atom is -0.493 e. The molecule has 0 bridgehead atoms. The molecule has 0 amide bonds. The summed E-state index contributed by atoms with van der Waals surface area (Å²) in [5.41, 5.74) is 1.02. The van der Waals surface area contributed by atoms with Crippen molar-refractivity contribution in [2.75, 3.05) is 20.3 Å². The van der Waals surface area contributed by atoms with Crippen LogP contribution in [0.25, 0.3) is 0 Å². The Bertz CT molecular complexity index is 455. The molecule has 20 heavy (non-hydrogen) atoms. The molecule has 0 unspecified atom stereocenters. The maximum Gasteiger partial charge on any atom is 0.175 e. The van der Waals surface area contributed by atoms with Crippen molar-refractivity contribution in [1.29, 1.82) is 0 Å². The van der Waals surface area contributed by atoms with Crippen LogP contribution in [0.2, 0.25) is 0 Å². The smallest absolute Gasteiger partial charge is 0.175 e. The summed E-state index contributed by atoms with van der Waals surface area (Å²) in [6.45, 7) is 3.45. The summed E-state index contributed by atoms with van der Waals surface area (Å²) in [5.74, 6) is 1.46. The third-order valence-corrected chi connectivity index (χ3v) is 4.45. The quantitative estimate of drug-likeness (QED) is 0.799. The topological polar surface area (TPSA) is 50.7 Å². The van der Waals surface area contributed by atoms with Crippen LogP contribution in [0.15, 0.2) is 16.6 Å². The van der Waals surface area contributed by atoms with E-state index >= 15 is 0 Å². The fraction of sp³-hybridized carbons (Fsp3) is 0.600. The molecule has 0 aromatic heterocycles. The van der Waals surface area contributed by atoms with E-state index in [4.69, 9.17) is 9.47 Å². The Morgan fingerprint density at radius 3 is 2.65 bits per heavy atom. The Labute approximate surface area is 128 Å². The maximum absolute atomic E-state index is 9.47. The highest BCUT2D eigenvalue weighted by Crippen LogP contribution is 2.37. The molecule has 112 valence electrons. The van der Waals surface area contributed by atoms with Crippen LogP contribution in [-0.2, 0) is 6.54 Å². The lowest BCUT2D eigenvalue weighted by atomic mass is 9.77. The Morgan fingerprint density at radius 2 is 2.15 bits per heavy atom. The predicted molar refractivity (Wildman–Crippen MR) is 82.4 cm³/mol. The molecule has 1 aromatic rings. The van der Waals surface area contributed by atoms with Crippen molar-refractivity contribution in [1.82, 2.24) is 5.32 Å². The van der Waals surface area contributed by atoms with Gasteiger partial charge in [-0.3, -0.25) is 0 Å². The Morgan fingerprint density at radius 1 is 1.40 bits per heavy atom. The SMILES string of the molecule is CCOc1c(Br)cc(CNC2(CO)CCC2)cc1OC. The number of ether oxygens (including phenoxy) is 2. The highest BCUT2D eigenvalue weighted by Gasteiger charge is 2.35. The van der Waals surface area contributed by atoms with E-state index in [1.165, 1.54) is 6.42 Å². The van der Waals surface area contributed by atoms with Crippen molar-refractivity contribution in [2.24, 2.45) is 0 Å². The maximum atomic E-state index is 9.47. The number of hydrogen-bond acceptors (Lipinski definition) is 4. The molecule has 0 heterocycles. The average molecular weight is 344 g/mol. The average Bonchev–Trinajstić information content (AvgIpc) is 2.40. The highest BCUT2D eigenvalue weighted by atomic mass is 79.9. The largest absolute Gasteiger partial charge is 0.493 e. The molecule has 2 N–H and O–H groups in total. The zero-order valence-electron chi connectivity index (χ0n) is 12.0. The summed E-state index contributed by atoms with van der Waals surface area (Å²) in [5, 5.41) is 12.9. The molecule has 0 saturated heterocycles. The van der Waals surface area contributed by atoms with Gasteiger partial charge in [0.05, 0.1) is 24.8 Å². The van der Waals surface area contributed by atoms with E-state index < -0.39 is 0 Å². The van der Waals surface area contributed by atoms with Crippen LogP contribution in [0.3, 0.4) is 0 Å². The van der Waals surface area contributed by atoms with Crippen molar-refractivity contribution < 1.29 is 14.6 Å². The highest BCUT2D eigenvalue weighted by molar-refractivity contribution is 9.10. The number of nitrogens with one attached hydrogen (secondary N) is 1. The fourth-order valence-electron chi connectivity index (χ4n) is 2.44. The summed E-state index contributed by atoms with van der Waals surface area (Å²) in [4.78, 5) is 0. The molecular formula is C15H22BrNO3. The third-order valence-electron chi connectivity index (χ3n) is 3.86. The lowest BCUT2D eigenvalue weighted by Gasteiger charge is -2.41. The summed E-state index contributed by atoms with van der Waals surface area (Å²) in [6.07, 6.45) is 3.27. The van der Waals surface area contributed by atoms with Gasteiger partial charge in [-0.15, -0.1) is 0 Å². The lowest BCUT2D eigenvalue weighted by molar-refractivity contribution is 0.0872. The number of aliphatic hydroxyl groups excluding tert-OH is 1. The molecule has 1 saturated carbocycles. The number of methoxy groups -OCH3 is 1. The van der Waals surface area contributed by atoms with Gasteiger partial charge in [-0.2, -0.15) is 0 Å². The van der Waals surface area contributed by atoms with E-state index in [0.29, 0.717) is 13.2 Å². The number of benzene rings is 1. The first-order valence-electron chi connectivity index (χ1n) is 6.99. The van der Waals surface area contributed by atoms with Gasteiger partial charge < -0.3 is 19.9 Å². The first kappa shape index (κ1) is 15.6. The first-order chi connectivity index (χ1) is 9.64. The molecule has 1 aliphatic carbocycles. The fourth-order valence-corrected chi connectivity index (χ4v) is 3.05. The van der Waals surface area contributed by atoms with E-state index in [0.717, 1.165) is 34.4 Å². The van der Waals surface area contributed by atoms with Gasteiger partial charge in [0.1, 0.15) is 0 Å². The normalized spacial score (nSPS) is 16.6. The van der Waals surface area contributed by atoms with Gasteiger partial charge in [0, 0.05) is 12.1 Å². The minimum absolute atomic E-state index is 0.0850.